The highest BCUT2D eigenvalue weighted by Gasteiger charge is 2.13. The van der Waals surface area contributed by atoms with Crippen molar-refractivity contribution in [2.24, 2.45) is 0 Å². The lowest BCUT2D eigenvalue weighted by atomic mass is 9.96. The van der Waals surface area contributed by atoms with Crippen molar-refractivity contribution in [3.05, 3.63) is 66.2 Å². The molecular formula is C23H22O. The summed E-state index contributed by atoms with van der Waals surface area (Å²) in [6.45, 7) is 6.44. The highest BCUT2D eigenvalue weighted by atomic mass is 16.5. The average molecular weight is 314 g/mol. The largest absolute Gasteiger partial charge is 0.489 e. The summed E-state index contributed by atoms with van der Waals surface area (Å²) < 4.78 is 6.36. The van der Waals surface area contributed by atoms with E-state index in [0.717, 1.165) is 12.2 Å². The molecule has 24 heavy (non-hydrogen) atoms. The number of hydrogen-bond donors (Lipinski definition) is 0. The van der Waals surface area contributed by atoms with E-state index < -0.39 is 0 Å². The molecule has 0 heterocycles. The maximum atomic E-state index is 6.36. The molecule has 0 spiro atoms. The Balaban J connectivity index is 2.13. The Morgan fingerprint density at radius 3 is 2.38 bits per heavy atom. The highest BCUT2D eigenvalue weighted by molar-refractivity contribution is 6.15. The fourth-order valence-corrected chi connectivity index (χ4v) is 3.37. The lowest BCUT2D eigenvalue weighted by Crippen LogP contribution is -2.10. The molecule has 1 unspecified atom stereocenters. The first-order chi connectivity index (χ1) is 11.7. The maximum absolute atomic E-state index is 6.36. The minimum absolute atomic E-state index is 0.202. The molecule has 0 radical (unpaired) electrons. The van der Waals surface area contributed by atoms with E-state index in [0.29, 0.717) is 0 Å². The molecule has 0 saturated heterocycles. The Kier molecular flexibility index (Phi) is 3.65. The van der Waals surface area contributed by atoms with E-state index >= 15 is 0 Å². The van der Waals surface area contributed by atoms with Crippen molar-refractivity contribution in [1.82, 2.24) is 0 Å². The highest BCUT2D eigenvalue weighted by Crippen LogP contribution is 2.39. The summed E-state index contributed by atoms with van der Waals surface area (Å²) in [7, 11) is 0. The molecule has 1 atom stereocenters. The normalized spacial score (nSPS) is 12.8. The smallest absolute Gasteiger partial charge is 0.135 e. The zero-order valence-electron chi connectivity index (χ0n) is 14.5. The van der Waals surface area contributed by atoms with Gasteiger partial charge in [0.05, 0.1) is 6.10 Å². The van der Waals surface area contributed by atoms with Gasteiger partial charge in [-0.1, -0.05) is 61.0 Å². The van der Waals surface area contributed by atoms with E-state index in [1.54, 1.807) is 0 Å². The van der Waals surface area contributed by atoms with Crippen LogP contribution < -0.4 is 4.74 Å². The summed E-state index contributed by atoms with van der Waals surface area (Å²) in [6.07, 6.45) is 1.20. The van der Waals surface area contributed by atoms with Crippen molar-refractivity contribution in [3.8, 4) is 5.75 Å². The molecule has 1 heteroatoms. The van der Waals surface area contributed by atoms with Crippen LogP contribution in [-0.2, 0) is 0 Å². The van der Waals surface area contributed by atoms with Gasteiger partial charge < -0.3 is 4.74 Å². The summed E-state index contributed by atoms with van der Waals surface area (Å²) >= 11 is 0. The molecule has 0 saturated carbocycles. The van der Waals surface area contributed by atoms with Gasteiger partial charge in [-0.2, -0.15) is 0 Å². The molecule has 4 aromatic carbocycles. The lowest BCUT2D eigenvalue weighted by Gasteiger charge is -2.18. The predicted molar refractivity (Wildman–Crippen MR) is 104 cm³/mol. The van der Waals surface area contributed by atoms with Crippen LogP contribution in [0.4, 0.5) is 0 Å². The van der Waals surface area contributed by atoms with Crippen LogP contribution in [0.25, 0.3) is 32.3 Å². The van der Waals surface area contributed by atoms with Crippen LogP contribution in [0.3, 0.4) is 0 Å². The topological polar surface area (TPSA) is 9.23 Å². The van der Waals surface area contributed by atoms with Gasteiger partial charge in [0.2, 0.25) is 0 Å². The predicted octanol–water partition coefficient (Wildman–Crippen LogP) is 6.63. The van der Waals surface area contributed by atoms with Crippen LogP contribution in [0, 0.1) is 6.92 Å². The van der Waals surface area contributed by atoms with E-state index in [9.17, 15) is 0 Å². The molecule has 0 amide bonds. The molecular weight excluding hydrogens is 292 g/mol. The van der Waals surface area contributed by atoms with Gasteiger partial charge in [0.1, 0.15) is 5.75 Å². The number of aryl methyl sites for hydroxylation is 1. The number of hydrogen-bond acceptors (Lipinski definition) is 1. The summed E-state index contributed by atoms with van der Waals surface area (Å²) in [5.41, 5.74) is 1.29. The van der Waals surface area contributed by atoms with Crippen molar-refractivity contribution in [2.75, 3.05) is 0 Å². The van der Waals surface area contributed by atoms with Gasteiger partial charge in [-0.25, -0.2) is 0 Å². The molecule has 0 bridgehead atoms. The van der Waals surface area contributed by atoms with Crippen LogP contribution >= 0.6 is 0 Å². The van der Waals surface area contributed by atoms with Crippen molar-refractivity contribution in [2.45, 2.75) is 33.3 Å². The fourth-order valence-electron chi connectivity index (χ4n) is 3.37. The second kappa shape index (κ2) is 5.83. The lowest BCUT2D eigenvalue weighted by molar-refractivity contribution is 0.223. The monoisotopic (exact) mass is 314 g/mol. The third-order valence-corrected chi connectivity index (χ3v) is 4.86. The van der Waals surface area contributed by atoms with Gasteiger partial charge >= 0.3 is 0 Å². The van der Waals surface area contributed by atoms with E-state index in [4.69, 9.17) is 4.74 Å². The molecule has 0 aliphatic heterocycles. The van der Waals surface area contributed by atoms with Crippen LogP contribution in [0.15, 0.2) is 60.7 Å². The van der Waals surface area contributed by atoms with Crippen LogP contribution in [0.1, 0.15) is 25.8 Å². The number of rotatable bonds is 3. The van der Waals surface area contributed by atoms with Crippen molar-refractivity contribution in [1.29, 1.82) is 0 Å². The standard InChI is InChI=1S/C23H22O/c1-4-16(3)24-23-20-8-6-5-7-17(20)14-22-19-11-9-15(2)13-18(19)10-12-21(22)23/h5-14,16H,4H2,1-3H3. The molecule has 0 N–H and O–H groups in total. The maximum Gasteiger partial charge on any atom is 0.135 e. The minimum Gasteiger partial charge on any atom is -0.489 e. The Labute approximate surface area is 142 Å². The van der Waals surface area contributed by atoms with E-state index in [2.05, 4.69) is 81.4 Å². The van der Waals surface area contributed by atoms with Crippen molar-refractivity contribution < 1.29 is 4.74 Å². The van der Waals surface area contributed by atoms with E-state index in [-0.39, 0.29) is 6.10 Å². The third kappa shape index (κ3) is 2.41. The number of benzene rings is 4. The third-order valence-electron chi connectivity index (χ3n) is 4.86. The van der Waals surface area contributed by atoms with Gasteiger partial charge in [-0.3, -0.25) is 0 Å². The molecule has 0 aromatic heterocycles. The first kappa shape index (κ1) is 15.0. The molecule has 1 nitrogen and oxygen atoms in total. The van der Waals surface area contributed by atoms with Crippen LogP contribution in [0.2, 0.25) is 0 Å². The quantitative estimate of drug-likeness (QED) is 0.304. The van der Waals surface area contributed by atoms with Gasteiger partial charge in [-0.15, -0.1) is 0 Å². The minimum atomic E-state index is 0.202. The zero-order chi connectivity index (χ0) is 16.7. The SMILES string of the molecule is CCC(C)Oc1c2ccccc2cc2c1ccc1cc(C)ccc12. The summed E-state index contributed by atoms with van der Waals surface area (Å²) in [5, 5.41) is 7.47. The summed E-state index contributed by atoms with van der Waals surface area (Å²) in [5.74, 6) is 1.01. The first-order valence-electron chi connectivity index (χ1n) is 8.69. The zero-order valence-corrected chi connectivity index (χ0v) is 14.5. The Morgan fingerprint density at radius 1 is 0.792 bits per heavy atom. The molecule has 0 aliphatic rings. The molecule has 120 valence electrons. The van der Waals surface area contributed by atoms with Gasteiger partial charge in [0.15, 0.2) is 0 Å². The Hall–Kier alpha value is -2.54. The molecule has 4 aromatic rings. The van der Waals surface area contributed by atoms with Crippen molar-refractivity contribution in [3.63, 3.8) is 0 Å². The average Bonchev–Trinajstić information content (AvgIpc) is 2.60. The molecule has 4 rings (SSSR count). The second-order valence-corrected chi connectivity index (χ2v) is 6.65. The summed E-state index contributed by atoms with van der Waals surface area (Å²) in [4.78, 5) is 0. The van der Waals surface area contributed by atoms with Crippen molar-refractivity contribution >= 4 is 32.3 Å². The number of ether oxygens (including phenoxy) is 1. The van der Waals surface area contributed by atoms with Crippen LogP contribution in [0.5, 0.6) is 5.75 Å². The van der Waals surface area contributed by atoms with Gasteiger partial charge in [-0.05, 0) is 53.9 Å². The molecule has 0 aliphatic carbocycles. The van der Waals surface area contributed by atoms with Crippen LogP contribution in [-0.4, -0.2) is 6.10 Å². The summed E-state index contributed by atoms with van der Waals surface area (Å²) in [6, 6.07) is 21.9. The first-order valence-corrected chi connectivity index (χ1v) is 8.69. The van der Waals surface area contributed by atoms with E-state index in [1.165, 1.54) is 37.9 Å². The van der Waals surface area contributed by atoms with Gasteiger partial charge in [0.25, 0.3) is 0 Å². The fraction of sp³-hybridized carbons (Fsp3) is 0.217. The Morgan fingerprint density at radius 2 is 1.54 bits per heavy atom. The van der Waals surface area contributed by atoms with E-state index in [1.807, 2.05) is 0 Å². The van der Waals surface area contributed by atoms with Gasteiger partial charge in [0, 0.05) is 10.8 Å². The second-order valence-electron chi connectivity index (χ2n) is 6.65. The Bertz CT molecular complexity index is 1050. The number of fused-ring (bicyclic) bond motifs is 4. The molecule has 0 fully saturated rings.